The summed E-state index contributed by atoms with van der Waals surface area (Å²) in [5.41, 5.74) is 0.635. The number of carbonyl (C=O) groups excluding carboxylic acids is 3. The van der Waals surface area contributed by atoms with Crippen molar-refractivity contribution >= 4 is 17.7 Å². The van der Waals surface area contributed by atoms with E-state index < -0.39 is 0 Å². The van der Waals surface area contributed by atoms with Crippen LogP contribution in [-0.4, -0.2) is 42.3 Å². The zero-order valence-electron chi connectivity index (χ0n) is 15.6. The van der Waals surface area contributed by atoms with E-state index in [9.17, 15) is 14.4 Å². The molecule has 1 aromatic rings. The summed E-state index contributed by atoms with van der Waals surface area (Å²) in [7, 11) is 1.36. The Morgan fingerprint density at radius 3 is 2.23 bits per heavy atom. The van der Waals surface area contributed by atoms with Gasteiger partial charge in [-0.2, -0.15) is 0 Å². The van der Waals surface area contributed by atoms with Gasteiger partial charge in [0, 0.05) is 31.0 Å². The molecule has 1 fully saturated rings. The van der Waals surface area contributed by atoms with Crippen molar-refractivity contribution in [1.82, 2.24) is 4.90 Å². The van der Waals surface area contributed by atoms with Gasteiger partial charge in [0.25, 0.3) is 0 Å². The average Bonchev–Trinajstić information content (AvgIpc) is 2.96. The maximum absolute atomic E-state index is 12.8. The van der Waals surface area contributed by atoms with Gasteiger partial charge in [-0.25, -0.2) is 0 Å². The molecule has 1 aliphatic carbocycles. The van der Waals surface area contributed by atoms with E-state index in [1.165, 1.54) is 20.0 Å². The molecule has 5 nitrogen and oxygen atoms in total. The van der Waals surface area contributed by atoms with Gasteiger partial charge >= 0.3 is 5.97 Å². The van der Waals surface area contributed by atoms with Crippen LogP contribution in [0.2, 0.25) is 0 Å². The number of hydrogen-bond donors (Lipinski definition) is 0. The molecular formula is C21H29NO4. The number of benzene rings is 1. The summed E-state index contributed by atoms with van der Waals surface area (Å²) in [6.07, 6.45) is 7.13. The third-order valence-electron chi connectivity index (χ3n) is 5.03. The molecule has 0 spiro atoms. The number of nitrogens with zero attached hydrogens (tertiary/aromatic N) is 1. The van der Waals surface area contributed by atoms with Crippen LogP contribution in [0.1, 0.15) is 68.1 Å². The van der Waals surface area contributed by atoms with Gasteiger partial charge in [0.15, 0.2) is 5.78 Å². The molecule has 2 rings (SSSR count). The van der Waals surface area contributed by atoms with E-state index in [-0.39, 0.29) is 43.0 Å². The van der Waals surface area contributed by atoms with Gasteiger partial charge in [-0.1, -0.05) is 56.0 Å². The molecule has 1 aliphatic rings. The number of rotatable bonds is 8. The zero-order valence-corrected chi connectivity index (χ0v) is 15.6. The number of hydrogen-bond acceptors (Lipinski definition) is 4. The number of carbonyl (C=O) groups is 3. The van der Waals surface area contributed by atoms with Crippen LogP contribution in [-0.2, 0) is 14.3 Å². The van der Waals surface area contributed by atoms with E-state index >= 15 is 0 Å². The maximum Gasteiger partial charge on any atom is 0.307 e. The summed E-state index contributed by atoms with van der Waals surface area (Å²) in [6, 6.07) is 9.22. The molecule has 0 unspecified atom stereocenters. The molecule has 0 bridgehead atoms. The summed E-state index contributed by atoms with van der Waals surface area (Å²) in [4.78, 5) is 38.4. The minimum atomic E-state index is -0.309. The lowest BCUT2D eigenvalue weighted by Gasteiger charge is -2.31. The van der Waals surface area contributed by atoms with Crippen LogP contribution in [0, 0.1) is 0 Å². The Morgan fingerprint density at radius 1 is 0.962 bits per heavy atom. The molecule has 1 saturated carbocycles. The zero-order chi connectivity index (χ0) is 18.8. The first-order valence-corrected chi connectivity index (χ1v) is 9.56. The Hall–Kier alpha value is -2.17. The molecule has 0 heterocycles. The van der Waals surface area contributed by atoms with E-state index in [2.05, 4.69) is 0 Å². The molecule has 0 atom stereocenters. The van der Waals surface area contributed by atoms with Crippen molar-refractivity contribution in [2.24, 2.45) is 0 Å². The molecule has 1 aromatic carbocycles. The highest BCUT2D eigenvalue weighted by Gasteiger charge is 2.25. The monoisotopic (exact) mass is 359 g/mol. The molecule has 0 N–H and O–H groups in total. The minimum absolute atomic E-state index is 0.0206. The van der Waals surface area contributed by atoms with Crippen LogP contribution < -0.4 is 0 Å². The maximum atomic E-state index is 12.8. The fourth-order valence-corrected chi connectivity index (χ4v) is 3.53. The van der Waals surface area contributed by atoms with Crippen molar-refractivity contribution in [3.63, 3.8) is 0 Å². The van der Waals surface area contributed by atoms with Crippen molar-refractivity contribution in [1.29, 1.82) is 0 Å². The normalized spacial score (nSPS) is 15.1. The summed E-state index contributed by atoms with van der Waals surface area (Å²) in [5.74, 6) is -0.366. The van der Waals surface area contributed by atoms with E-state index in [1.54, 1.807) is 12.1 Å². The van der Waals surface area contributed by atoms with Crippen LogP contribution in [0.3, 0.4) is 0 Å². The molecule has 0 saturated heterocycles. The lowest BCUT2D eigenvalue weighted by atomic mass is 10.0. The van der Waals surface area contributed by atoms with Crippen molar-refractivity contribution in [2.75, 3.05) is 13.7 Å². The summed E-state index contributed by atoms with van der Waals surface area (Å²) in [6.45, 7) is 0.371. The minimum Gasteiger partial charge on any atom is -0.469 e. The lowest BCUT2D eigenvalue weighted by Crippen LogP contribution is -2.41. The van der Waals surface area contributed by atoms with Gasteiger partial charge in [-0.15, -0.1) is 0 Å². The predicted molar refractivity (Wildman–Crippen MR) is 99.8 cm³/mol. The Kier molecular flexibility index (Phi) is 8.32. The second-order valence-corrected chi connectivity index (χ2v) is 6.85. The largest absolute Gasteiger partial charge is 0.469 e. The quantitative estimate of drug-likeness (QED) is 0.403. The van der Waals surface area contributed by atoms with Crippen molar-refractivity contribution in [3.8, 4) is 0 Å². The van der Waals surface area contributed by atoms with Gasteiger partial charge in [-0.3, -0.25) is 14.4 Å². The van der Waals surface area contributed by atoms with Crippen molar-refractivity contribution in [2.45, 2.75) is 63.8 Å². The van der Waals surface area contributed by atoms with Gasteiger partial charge in [0.1, 0.15) is 0 Å². The van der Waals surface area contributed by atoms with E-state index in [0.29, 0.717) is 12.1 Å². The lowest BCUT2D eigenvalue weighted by molar-refractivity contribution is -0.142. The fourth-order valence-electron chi connectivity index (χ4n) is 3.53. The van der Waals surface area contributed by atoms with Gasteiger partial charge < -0.3 is 9.64 Å². The van der Waals surface area contributed by atoms with Crippen LogP contribution in [0.5, 0.6) is 0 Å². The molecule has 0 radical (unpaired) electrons. The average molecular weight is 359 g/mol. The molecule has 1 amide bonds. The molecule has 142 valence electrons. The van der Waals surface area contributed by atoms with Gasteiger partial charge in [0.2, 0.25) is 5.91 Å². The molecular weight excluding hydrogens is 330 g/mol. The number of ketones is 1. The number of esters is 1. The smallest absolute Gasteiger partial charge is 0.307 e. The Morgan fingerprint density at radius 2 is 1.62 bits per heavy atom. The second-order valence-electron chi connectivity index (χ2n) is 6.85. The Labute approximate surface area is 155 Å². The summed E-state index contributed by atoms with van der Waals surface area (Å²) in [5, 5.41) is 0. The molecule has 0 aliphatic heterocycles. The fraction of sp³-hybridized carbons (Fsp3) is 0.571. The third kappa shape index (κ3) is 6.28. The van der Waals surface area contributed by atoms with E-state index in [0.717, 1.165) is 25.7 Å². The first-order valence-electron chi connectivity index (χ1n) is 9.56. The highest BCUT2D eigenvalue weighted by Crippen LogP contribution is 2.23. The first kappa shape index (κ1) is 20.1. The first-order chi connectivity index (χ1) is 12.6. The number of ether oxygens (including phenoxy) is 1. The predicted octanol–water partition coefficient (Wildman–Crippen LogP) is 3.76. The highest BCUT2D eigenvalue weighted by molar-refractivity contribution is 5.97. The third-order valence-corrected chi connectivity index (χ3v) is 5.03. The van der Waals surface area contributed by atoms with Crippen LogP contribution in [0.4, 0.5) is 0 Å². The molecule has 26 heavy (non-hydrogen) atoms. The van der Waals surface area contributed by atoms with Crippen molar-refractivity contribution < 1.29 is 19.1 Å². The molecule has 0 aromatic heterocycles. The SMILES string of the molecule is COC(=O)CCN(C(=O)CCC(=O)c1ccccc1)C1CCCCCC1. The van der Waals surface area contributed by atoms with Crippen LogP contribution in [0.25, 0.3) is 0 Å². The van der Waals surface area contributed by atoms with Gasteiger partial charge in [-0.05, 0) is 12.8 Å². The summed E-state index contributed by atoms with van der Waals surface area (Å²) < 4.78 is 4.72. The van der Waals surface area contributed by atoms with Gasteiger partial charge in [0.05, 0.1) is 13.5 Å². The van der Waals surface area contributed by atoms with E-state index in [1.807, 2.05) is 23.1 Å². The van der Waals surface area contributed by atoms with Crippen molar-refractivity contribution in [3.05, 3.63) is 35.9 Å². The molecule has 5 heteroatoms. The Bertz CT molecular complexity index is 591. The topological polar surface area (TPSA) is 63.7 Å². The summed E-state index contributed by atoms with van der Waals surface area (Å²) >= 11 is 0. The van der Waals surface area contributed by atoms with Crippen LogP contribution in [0.15, 0.2) is 30.3 Å². The standard InChI is InChI=1S/C21H29NO4/c1-26-21(25)15-16-22(18-11-7-2-3-8-12-18)20(24)14-13-19(23)17-9-5-4-6-10-17/h4-6,9-10,18H,2-3,7-8,11-16H2,1H3. The number of Topliss-reactive ketones (excluding diaryl/α,β-unsaturated/α-hetero) is 1. The highest BCUT2D eigenvalue weighted by atomic mass is 16.5. The number of methoxy groups -OCH3 is 1. The number of amides is 1. The second kappa shape index (κ2) is 10.7. The van der Waals surface area contributed by atoms with E-state index in [4.69, 9.17) is 4.74 Å². The Balaban J connectivity index is 1.96. The van der Waals surface area contributed by atoms with Crippen LogP contribution >= 0.6 is 0 Å².